The summed E-state index contributed by atoms with van der Waals surface area (Å²) >= 11 is 2.84. The zero-order valence-electron chi connectivity index (χ0n) is 13.1. The number of thiazole rings is 1. The van der Waals surface area contributed by atoms with Gasteiger partial charge in [0, 0.05) is 10.6 Å². The number of ether oxygens (including phenoxy) is 1. The van der Waals surface area contributed by atoms with Crippen molar-refractivity contribution in [2.24, 2.45) is 0 Å². The van der Waals surface area contributed by atoms with Crippen molar-refractivity contribution in [1.82, 2.24) is 4.98 Å². The molecule has 5 nitrogen and oxygen atoms in total. The molecule has 0 bridgehead atoms. The molecule has 2 aromatic carbocycles. The summed E-state index contributed by atoms with van der Waals surface area (Å²) in [5.74, 6) is 0.989. The lowest BCUT2D eigenvalue weighted by atomic mass is 10.3. The Kier molecular flexibility index (Phi) is 5.22. The van der Waals surface area contributed by atoms with Crippen molar-refractivity contribution >= 4 is 50.0 Å². The monoisotopic (exact) mass is 359 g/mol. The molecule has 0 atom stereocenters. The first kappa shape index (κ1) is 16.6. The van der Waals surface area contributed by atoms with E-state index in [0.29, 0.717) is 17.4 Å². The second-order valence-electron chi connectivity index (χ2n) is 4.96. The number of rotatable bonds is 6. The fourth-order valence-electron chi connectivity index (χ4n) is 2.13. The number of carbonyl (C=O) groups excluding carboxylic acids is 1. The van der Waals surface area contributed by atoms with E-state index in [9.17, 15) is 4.79 Å². The van der Waals surface area contributed by atoms with Gasteiger partial charge in [0.05, 0.1) is 22.6 Å². The highest BCUT2D eigenvalue weighted by atomic mass is 32.2. The molecule has 1 heterocycles. The van der Waals surface area contributed by atoms with Crippen LogP contribution in [-0.4, -0.2) is 23.3 Å². The summed E-state index contributed by atoms with van der Waals surface area (Å²) < 4.78 is 6.46. The number of hydrogen-bond acceptors (Lipinski definition) is 6. The lowest BCUT2D eigenvalue weighted by Gasteiger charge is -2.04. The number of amides is 1. The van der Waals surface area contributed by atoms with Crippen molar-refractivity contribution in [2.75, 3.05) is 23.4 Å². The minimum Gasteiger partial charge on any atom is -0.494 e. The predicted octanol–water partition coefficient (Wildman–Crippen LogP) is 4.01. The van der Waals surface area contributed by atoms with Crippen molar-refractivity contribution in [2.45, 2.75) is 11.8 Å². The Hall–Kier alpha value is -2.25. The van der Waals surface area contributed by atoms with E-state index in [1.54, 1.807) is 0 Å². The second-order valence-corrected chi connectivity index (χ2v) is 7.00. The maximum absolute atomic E-state index is 12.1. The normalized spacial score (nSPS) is 10.7. The number of nitrogens with one attached hydrogen (secondary N) is 1. The Morgan fingerprint density at radius 3 is 2.96 bits per heavy atom. The van der Waals surface area contributed by atoms with Gasteiger partial charge < -0.3 is 15.8 Å². The third-order valence-corrected chi connectivity index (χ3v) is 5.22. The van der Waals surface area contributed by atoms with E-state index in [2.05, 4.69) is 10.3 Å². The van der Waals surface area contributed by atoms with E-state index in [1.807, 2.05) is 49.4 Å². The number of thioether (sulfide) groups is 1. The van der Waals surface area contributed by atoms with Crippen LogP contribution in [0.1, 0.15) is 6.92 Å². The number of nitrogen functional groups attached to an aromatic ring is 1. The Labute approximate surface area is 148 Å². The lowest BCUT2D eigenvalue weighted by Crippen LogP contribution is -2.13. The Morgan fingerprint density at radius 2 is 2.17 bits per heavy atom. The van der Waals surface area contributed by atoms with Crippen LogP contribution in [0.25, 0.3) is 10.2 Å². The van der Waals surface area contributed by atoms with Crippen LogP contribution in [0.15, 0.2) is 47.4 Å². The van der Waals surface area contributed by atoms with E-state index in [-0.39, 0.29) is 11.7 Å². The highest BCUT2D eigenvalue weighted by Crippen LogP contribution is 2.30. The van der Waals surface area contributed by atoms with E-state index in [0.717, 1.165) is 20.9 Å². The van der Waals surface area contributed by atoms with Crippen molar-refractivity contribution in [3.05, 3.63) is 42.5 Å². The van der Waals surface area contributed by atoms with Crippen molar-refractivity contribution < 1.29 is 9.53 Å². The molecule has 3 rings (SSSR count). The first-order valence-electron chi connectivity index (χ1n) is 7.46. The number of hydrogen-bond donors (Lipinski definition) is 2. The number of carbonyl (C=O) groups is 1. The molecule has 0 saturated carbocycles. The van der Waals surface area contributed by atoms with Gasteiger partial charge in [-0.25, -0.2) is 4.98 Å². The SMILES string of the molecule is CCOc1ccc2nc(NC(=O)CSc3ccccc3N)sc2c1. The number of anilines is 2. The molecule has 3 N–H and O–H groups in total. The minimum atomic E-state index is -0.104. The van der Waals surface area contributed by atoms with Crippen LogP contribution < -0.4 is 15.8 Å². The van der Waals surface area contributed by atoms with Gasteiger partial charge >= 0.3 is 0 Å². The largest absolute Gasteiger partial charge is 0.494 e. The summed E-state index contributed by atoms with van der Waals surface area (Å²) in [5, 5.41) is 3.43. The molecule has 0 saturated heterocycles. The highest BCUT2D eigenvalue weighted by molar-refractivity contribution is 8.00. The topological polar surface area (TPSA) is 77.2 Å². The van der Waals surface area contributed by atoms with Gasteiger partial charge in [-0.05, 0) is 37.3 Å². The summed E-state index contributed by atoms with van der Waals surface area (Å²) in [6.45, 7) is 2.56. The Bertz CT molecular complexity index is 864. The van der Waals surface area contributed by atoms with E-state index in [1.165, 1.54) is 23.1 Å². The van der Waals surface area contributed by atoms with E-state index >= 15 is 0 Å². The fraction of sp³-hybridized carbons (Fsp3) is 0.176. The number of benzene rings is 2. The van der Waals surface area contributed by atoms with Gasteiger partial charge in [-0.2, -0.15) is 0 Å². The molecule has 1 aromatic heterocycles. The maximum atomic E-state index is 12.1. The van der Waals surface area contributed by atoms with Gasteiger partial charge in [0.1, 0.15) is 5.75 Å². The van der Waals surface area contributed by atoms with Crippen molar-refractivity contribution in [3.8, 4) is 5.75 Å². The van der Waals surface area contributed by atoms with Crippen LogP contribution >= 0.6 is 23.1 Å². The molecule has 0 aliphatic carbocycles. The first-order valence-corrected chi connectivity index (χ1v) is 9.26. The summed E-state index contributed by atoms with van der Waals surface area (Å²) in [6, 6.07) is 13.2. The van der Waals surface area contributed by atoms with Gasteiger partial charge in [0.25, 0.3) is 0 Å². The number of nitrogens with two attached hydrogens (primary N) is 1. The zero-order valence-corrected chi connectivity index (χ0v) is 14.7. The molecule has 0 radical (unpaired) electrons. The van der Waals surface area contributed by atoms with Gasteiger partial charge in [-0.3, -0.25) is 4.79 Å². The number of para-hydroxylation sites is 1. The van der Waals surface area contributed by atoms with Crippen molar-refractivity contribution in [3.63, 3.8) is 0 Å². The fourth-order valence-corrected chi connectivity index (χ4v) is 3.80. The van der Waals surface area contributed by atoms with Gasteiger partial charge in [-0.15, -0.1) is 11.8 Å². The van der Waals surface area contributed by atoms with Gasteiger partial charge in [0.15, 0.2) is 5.13 Å². The average molecular weight is 359 g/mol. The molecule has 1 amide bonds. The van der Waals surface area contributed by atoms with E-state index < -0.39 is 0 Å². The molecular formula is C17H17N3O2S2. The van der Waals surface area contributed by atoms with E-state index in [4.69, 9.17) is 10.5 Å². The van der Waals surface area contributed by atoms with Crippen LogP contribution in [-0.2, 0) is 4.79 Å². The highest BCUT2D eigenvalue weighted by Gasteiger charge is 2.10. The molecule has 3 aromatic rings. The average Bonchev–Trinajstić information content (AvgIpc) is 2.96. The molecule has 0 spiro atoms. The standard InChI is InChI=1S/C17H17N3O2S2/c1-2-22-11-7-8-13-15(9-11)24-17(19-13)20-16(21)10-23-14-6-4-3-5-12(14)18/h3-9H,2,10,18H2,1H3,(H,19,20,21). The molecule has 0 aliphatic rings. The molecule has 124 valence electrons. The molecule has 0 unspecified atom stereocenters. The second kappa shape index (κ2) is 7.55. The zero-order chi connectivity index (χ0) is 16.9. The smallest absolute Gasteiger partial charge is 0.236 e. The van der Waals surface area contributed by atoms with Crippen LogP contribution in [0.2, 0.25) is 0 Å². The van der Waals surface area contributed by atoms with Gasteiger partial charge in [-0.1, -0.05) is 23.5 Å². The molecule has 24 heavy (non-hydrogen) atoms. The lowest BCUT2D eigenvalue weighted by molar-refractivity contribution is -0.113. The van der Waals surface area contributed by atoms with Crippen LogP contribution in [0.5, 0.6) is 5.75 Å². The number of fused-ring (bicyclic) bond motifs is 1. The Balaban J connectivity index is 1.63. The van der Waals surface area contributed by atoms with Crippen molar-refractivity contribution in [1.29, 1.82) is 0 Å². The van der Waals surface area contributed by atoms with Crippen LogP contribution in [0.3, 0.4) is 0 Å². The number of nitrogens with zero attached hydrogens (tertiary/aromatic N) is 1. The van der Waals surface area contributed by atoms with Gasteiger partial charge in [0.2, 0.25) is 5.91 Å². The summed E-state index contributed by atoms with van der Waals surface area (Å²) in [7, 11) is 0. The third kappa shape index (κ3) is 3.98. The molecule has 0 aliphatic heterocycles. The minimum absolute atomic E-state index is 0.104. The van der Waals surface area contributed by atoms with Crippen LogP contribution in [0.4, 0.5) is 10.8 Å². The quantitative estimate of drug-likeness (QED) is 0.514. The summed E-state index contributed by atoms with van der Waals surface area (Å²) in [5.41, 5.74) is 7.40. The van der Waals surface area contributed by atoms with Crippen LogP contribution in [0, 0.1) is 0 Å². The predicted molar refractivity (Wildman–Crippen MR) is 101 cm³/mol. The number of aromatic nitrogens is 1. The Morgan fingerprint density at radius 1 is 1.33 bits per heavy atom. The summed E-state index contributed by atoms with van der Waals surface area (Å²) in [4.78, 5) is 17.4. The summed E-state index contributed by atoms with van der Waals surface area (Å²) in [6.07, 6.45) is 0. The molecule has 7 heteroatoms. The third-order valence-electron chi connectivity index (χ3n) is 3.20. The first-order chi connectivity index (χ1) is 11.7. The molecule has 0 fully saturated rings. The molecular weight excluding hydrogens is 342 g/mol. The maximum Gasteiger partial charge on any atom is 0.236 e.